The molecule has 0 aliphatic heterocycles. The highest BCUT2D eigenvalue weighted by molar-refractivity contribution is 5.51. The molecule has 16 heavy (non-hydrogen) atoms. The number of aromatic nitrogens is 3. The molecule has 6 nitrogen and oxygen atoms in total. The molecule has 6 heteroatoms. The molecule has 0 aliphatic carbocycles. The van der Waals surface area contributed by atoms with Crippen molar-refractivity contribution in [1.82, 2.24) is 15.2 Å². The van der Waals surface area contributed by atoms with Gasteiger partial charge in [0.2, 0.25) is 0 Å². The van der Waals surface area contributed by atoms with E-state index in [2.05, 4.69) is 15.2 Å². The Balaban J connectivity index is 1.99. The van der Waals surface area contributed by atoms with Gasteiger partial charge in [-0.05, 0) is 12.1 Å². The fourth-order valence-electron chi connectivity index (χ4n) is 1.25. The molecule has 0 atom stereocenters. The lowest BCUT2D eigenvalue weighted by molar-refractivity contribution is 0.298. The van der Waals surface area contributed by atoms with E-state index in [0.717, 1.165) is 0 Å². The zero-order chi connectivity index (χ0) is 11.4. The molecule has 0 unspecified atom stereocenters. The highest BCUT2D eigenvalue weighted by Crippen LogP contribution is 2.20. The normalized spacial score (nSPS) is 10.3. The number of nitrogens with two attached hydrogens (primary N) is 2. The lowest BCUT2D eigenvalue weighted by atomic mass is 10.3. The Bertz CT molecular complexity index is 468. The molecule has 0 radical (unpaired) electrons. The predicted octanol–water partition coefficient (Wildman–Crippen LogP) is 0.425. The lowest BCUT2D eigenvalue weighted by Gasteiger charge is -2.05. The Morgan fingerprint density at radius 1 is 1.31 bits per heavy atom. The molecular weight excluding hydrogens is 206 g/mol. The van der Waals surface area contributed by atoms with Gasteiger partial charge < -0.3 is 16.2 Å². The topological polar surface area (TPSA) is 103 Å². The molecule has 2 aromatic rings. The molecule has 1 aromatic heterocycles. The number of hydrogen-bond acceptors (Lipinski definition) is 5. The average molecular weight is 219 g/mol. The van der Waals surface area contributed by atoms with Crippen molar-refractivity contribution in [3.05, 3.63) is 35.9 Å². The fourth-order valence-corrected chi connectivity index (χ4v) is 1.25. The van der Waals surface area contributed by atoms with Crippen LogP contribution in [-0.4, -0.2) is 15.2 Å². The van der Waals surface area contributed by atoms with Crippen molar-refractivity contribution in [1.29, 1.82) is 0 Å². The van der Waals surface area contributed by atoms with Crippen LogP contribution in [0.1, 0.15) is 11.6 Å². The molecule has 0 aliphatic rings. The minimum absolute atomic E-state index is 0.293. The van der Waals surface area contributed by atoms with E-state index in [0.29, 0.717) is 36.2 Å². The summed E-state index contributed by atoms with van der Waals surface area (Å²) in [6, 6.07) is 7.29. The maximum atomic E-state index is 5.72. The van der Waals surface area contributed by atoms with Gasteiger partial charge in [0.1, 0.15) is 12.4 Å². The number of aromatic amines is 1. The minimum atomic E-state index is 0.293. The summed E-state index contributed by atoms with van der Waals surface area (Å²) in [4.78, 5) is 4.12. The molecule has 2 rings (SSSR count). The van der Waals surface area contributed by atoms with Gasteiger partial charge in [0.25, 0.3) is 0 Å². The van der Waals surface area contributed by atoms with Crippen LogP contribution in [0.25, 0.3) is 0 Å². The second kappa shape index (κ2) is 4.63. The maximum absolute atomic E-state index is 5.72. The van der Waals surface area contributed by atoms with Crippen LogP contribution >= 0.6 is 0 Å². The summed E-state index contributed by atoms with van der Waals surface area (Å²) >= 11 is 0. The van der Waals surface area contributed by atoms with Crippen molar-refractivity contribution < 1.29 is 4.74 Å². The van der Waals surface area contributed by atoms with Gasteiger partial charge in [-0.2, -0.15) is 5.10 Å². The van der Waals surface area contributed by atoms with E-state index < -0.39 is 0 Å². The summed E-state index contributed by atoms with van der Waals surface area (Å²) < 4.78 is 5.48. The van der Waals surface area contributed by atoms with Gasteiger partial charge in [-0.15, -0.1) is 0 Å². The Morgan fingerprint density at radius 2 is 2.12 bits per heavy atom. The highest BCUT2D eigenvalue weighted by atomic mass is 16.5. The van der Waals surface area contributed by atoms with Crippen molar-refractivity contribution in [2.45, 2.75) is 13.2 Å². The molecule has 0 spiro atoms. The van der Waals surface area contributed by atoms with Crippen molar-refractivity contribution in [3.8, 4) is 5.75 Å². The van der Waals surface area contributed by atoms with Crippen molar-refractivity contribution in [3.63, 3.8) is 0 Å². The molecule has 0 saturated heterocycles. The zero-order valence-corrected chi connectivity index (χ0v) is 8.68. The number of benzene rings is 1. The highest BCUT2D eigenvalue weighted by Gasteiger charge is 2.03. The van der Waals surface area contributed by atoms with Crippen LogP contribution in [0.4, 0.5) is 5.69 Å². The predicted molar refractivity (Wildman–Crippen MR) is 59.5 cm³/mol. The first-order valence-electron chi connectivity index (χ1n) is 4.87. The Hall–Kier alpha value is -2.08. The zero-order valence-electron chi connectivity index (χ0n) is 8.68. The van der Waals surface area contributed by atoms with Crippen LogP contribution in [0.2, 0.25) is 0 Å². The summed E-state index contributed by atoms with van der Waals surface area (Å²) in [5.41, 5.74) is 11.7. The van der Waals surface area contributed by atoms with Crippen LogP contribution in [-0.2, 0) is 13.2 Å². The Morgan fingerprint density at radius 3 is 2.81 bits per heavy atom. The Labute approximate surface area is 92.6 Å². The number of H-pyrrole nitrogens is 1. The van der Waals surface area contributed by atoms with Crippen molar-refractivity contribution in [2.75, 3.05) is 5.73 Å². The summed E-state index contributed by atoms with van der Waals surface area (Å²) in [5, 5.41) is 6.64. The van der Waals surface area contributed by atoms with Gasteiger partial charge >= 0.3 is 0 Å². The van der Waals surface area contributed by atoms with Crippen LogP contribution in [0.3, 0.4) is 0 Å². The lowest BCUT2D eigenvalue weighted by Crippen LogP contribution is -2.01. The van der Waals surface area contributed by atoms with E-state index in [1.807, 2.05) is 12.1 Å². The number of rotatable bonds is 4. The van der Waals surface area contributed by atoms with Gasteiger partial charge in [-0.3, -0.25) is 5.10 Å². The average Bonchev–Trinajstić information content (AvgIpc) is 2.76. The smallest absolute Gasteiger partial charge is 0.164 e. The summed E-state index contributed by atoms with van der Waals surface area (Å²) in [5.74, 6) is 1.83. The van der Waals surface area contributed by atoms with Gasteiger partial charge in [0.15, 0.2) is 11.6 Å². The SMILES string of the molecule is NCc1n[nH]c(COc2ccccc2N)n1. The van der Waals surface area contributed by atoms with Crippen LogP contribution in [0, 0.1) is 0 Å². The summed E-state index contributed by atoms with van der Waals surface area (Å²) in [6.07, 6.45) is 0. The van der Waals surface area contributed by atoms with E-state index in [1.54, 1.807) is 12.1 Å². The van der Waals surface area contributed by atoms with Crippen molar-refractivity contribution >= 4 is 5.69 Å². The van der Waals surface area contributed by atoms with E-state index >= 15 is 0 Å². The number of ether oxygens (including phenoxy) is 1. The van der Waals surface area contributed by atoms with E-state index in [1.165, 1.54) is 0 Å². The first-order valence-corrected chi connectivity index (χ1v) is 4.87. The summed E-state index contributed by atoms with van der Waals surface area (Å²) in [7, 11) is 0. The largest absolute Gasteiger partial charge is 0.483 e. The second-order valence-corrected chi connectivity index (χ2v) is 3.23. The molecule has 0 saturated carbocycles. The third-order valence-corrected chi connectivity index (χ3v) is 2.04. The summed E-state index contributed by atoms with van der Waals surface area (Å²) in [6.45, 7) is 0.602. The molecule has 5 N–H and O–H groups in total. The first-order chi connectivity index (χ1) is 7.79. The Kier molecular flexibility index (Phi) is 3.02. The molecule has 0 fully saturated rings. The number of nitrogen functional groups attached to an aromatic ring is 1. The van der Waals surface area contributed by atoms with Gasteiger partial charge in [0, 0.05) is 0 Å². The monoisotopic (exact) mass is 219 g/mol. The number of hydrogen-bond donors (Lipinski definition) is 3. The van der Waals surface area contributed by atoms with E-state index in [9.17, 15) is 0 Å². The van der Waals surface area contributed by atoms with Gasteiger partial charge in [0.05, 0.1) is 12.2 Å². The number of anilines is 1. The molecular formula is C10H13N5O. The van der Waals surface area contributed by atoms with Crippen molar-refractivity contribution in [2.24, 2.45) is 5.73 Å². The number of para-hydroxylation sites is 2. The number of nitrogens with zero attached hydrogens (tertiary/aromatic N) is 2. The van der Waals surface area contributed by atoms with Crippen LogP contribution in [0.15, 0.2) is 24.3 Å². The van der Waals surface area contributed by atoms with E-state index in [4.69, 9.17) is 16.2 Å². The molecule has 1 heterocycles. The third kappa shape index (κ3) is 2.29. The van der Waals surface area contributed by atoms with Gasteiger partial charge in [-0.1, -0.05) is 12.1 Å². The quantitative estimate of drug-likeness (QED) is 0.647. The molecule has 1 aromatic carbocycles. The molecule has 0 bridgehead atoms. The van der Waals surface area contributed by atoms with Crippen LogP contribution < -0.4 is 16.2 Å². The maximum Gasteiger partial charge on any atom is 0.164 e. The van der Waals surface area contributed by atoms with Crippen LogP contribution in [0.5, 0.6) is 5.75 Å². The first kappa shape index (κ1) is 10.4. The van der Waals surface area contributed by atoms with Gasteiger partial charge in [-0.25, -0.2) is 4.98 Å². The molecule has 0 amide bonds. The number of nitrogens with one attached hydrogen (secondary N) is 1. The standard InChI is InChI=1S/C10H13N5O/c11-5-9-13-10(15-14-9)6-16-8-4-2-1-3-7(8)12/h1-4H,5-6,11-12H2,(H,13,14,15). The minimum Gasteiger partial charge on any atom is -0.483 e. The second-order valence-electron chi connectivity index (χ2n) is 3.23. The van der Waals surface area contributed by atoms with E-state index in [-0.39, 0.29) is 0 Å². The fraction of sp³-hybridized carbons (Fsp3) is 0.200. The third-order valence-electron chi connectivity index (χ3n) is 2.04. The molecule has 84 valence electrons.